The lowest BCUT2D eigenvalue weighted by Crippen LogP contribution is -2.68. The van der Waals surface area contributed by atoms with Crippen LogP contribution in [0.25, 0.3) is 0 Å². The van der Waals surface area contributed by atoms with Crippen LogP contribution < -0.4 is 26.6 Å². The van der Waals surface area contributed by atoms with Crippen LogP contribution in [0.15, 0.2) is 11.1 Å². The molecule has 4 heterocycles. The Morgan fingerprint density at radius 2 is 2.20 bits per heavy atom. The molecule has 0 aromatic heterocycles. The Morgan fingerprint density at radius 3 is 3.04 bits per heavy atom. The highest BCUT2D eigenvalue weighted by Crippen LogP contribution is 2.30. The summed E-state index contributed by atoms with van der Waals surface area (Å²) in [6.45, 7) is 8.12. The average molecular weight is 369 g/mol. The molecule has 7 nitrogen and oxygen atoms in total. The number of hydrogen-bond acceptors (Lipinski definition) is 8. The van der Waals surface area contributed by atoms with Gasteiger partial charge in [0.1, 0.15) is 0 Å². The highest BCUT2D eigenvalue weighted by Gasteiger charge is 2.39. The Bertz CT molecular complexity index is 472. The number of hydrogen-bond donors (Lipinski definition) is 5. The molecule has 4 aliphatic rings. The molecule has 0 saturated carbocycles. The topological polar surface area (TPSA) is 72.6 Å². The first-order chi connectivity index (χ1) is 12.3. The number of nitrogens with zero attached hydrogens (tertiary/aromatic N) is 1. The van der Waals surface area contributed by atoms with Crippen molar-refractivity contribution in [3.8, 4) is 0 Å². The molecule has 5 N–H and O–H groups in total. The van der Waals surface area contributed by atoms with E-state index < -0.39 is 0 Å². The number of fused-ring (bicyclic) bond motifs is 1. The van der Waals surface area contributed by atoms with Crippen LogP contribution in [0.1, 0.15) is 19.8 Å². The quantitative estimate of drug-likeness (QED) is 0.434. The summed E-state index contributed by atoms with van der Waals surface area (Å²) in [7, 11) is 0. The van der Waals surface area contributed by atoms with Crippen molar-refractivity contribution in [2.24, 2.45) is 5.92 Å². The molecule has 25 heavy (non-hydrogen) atoms. The van der Waals surface area contributed by atoms with E-state index >= 15 is 0 Å². The molecule has 0 aromatic rings. The van der Waals surface area contributed by atoms with Gasteiger partial charge in [0.25, 0.3) is 0 Å². The van der Waals surface area contributed by atoms with E-state index in [2.05, 4.69) is 44.6 Å². The largest absolute Gasteiger partial charge is 0.377 e. The van der Waals surface area contributed by atoms with Gasteiger partial charge in [0.05, 0.1) is 24.5 Å². The van der Waals surface area contributed by atoms with Crippen LogP contribution in [0.3, 0.4) is 0 Å². The smallest absolute Gasteiger partial charge is 0.0986 e. The minimum atomic E-state index is 0.351. The van der Waals surface area contributed by atoms with E-state index in [1.54, 1.807) is 0 Å². The Balaban J connectivity index is 1.31. The minimum Gasteiger partial charge on any atom is -0.377 e. The molecular formula is C17H32N6OS. The predicted molar refractivity (Wildman–Crippen MR) is 102 cm³/mol. The molecule has 0 aromatic carbocycles. The van der Waals surface area contributed by atoms with E-state index in [4.69, 9.17) is 4.74 Å². The van der Waals surface area contributed by atoms with Gasteiger partial charge in [0.2, 0.25) is 0 Å². The van der Waals surface area contributed by atoms with E-state index in [1.807, 2.05) is 11.8 Å². The Morgan fingerprint density at radius 1 is 1.32 bits per heavy atom. The molecule has 142 valence electrons. The first kappa shape index (κ1) is 18.0. The maximum atomic E-state index is 5.70. The zero-order chi connectivity index (χ0) is 17.1. The van der Waals surface area contributed by atoms with Crippen molar-refractivity contribution in [2.45, 2.75) is 44.2 Å². The molecule has 4 aliphatic heterocycles. The Hall–Kier alpha value is -0.350. The highest BCUT2D eigenvalue weighted by molar-refractivity contribution is 8.03. The van der Waals surface area contributed by atoms with Crippen LogP contribution in [0.5, 0.6) is 0 Å². The van der Waals surface area contributed by atoms with Crippen LogP contribution in [-0.4, -0.2) is 74.7 Å². The van der Waals surface area contributed by atoms with E-state index in [0.29, 0.717) is 30.4 Å². The van der Waals surface area contributed by atoms with Crippen molar-refractivity contribution in [3.63, 3.8) is 0 Å². The maximum absolute atomic E-state index is 5.70. The monoisotopic (exact) mass is 368 g/mol. The van der Waals surface area contributed by atoms with Gasteiger partial charge in [-0.2, -0.15) is 0 Å². The first-order valence-corrected chi connectivity index (χ1v) is 10.7. The second kappa shape index (κ2) is 8.56. The molecule has 0 bridgehead atoms. The zero-order valence-electron chi connectivity index (χ0n) is 15.1. The number of nitrogens with one attached hydrogen (secondary N) is 5. The molecule has 4 rings (SSSR count). The summed E-state index contributed by atoms with van der Waals surface area (Å²) in [6.07, 6.45) is 5.96. The van der Waals surface area contributed by atoms with Crippen LogP contribution in [0.2, 0.25) is 0 Å². The molecular weight excluding hydrogens is 336 g/mol. The molecule has 0 aliphatic carbocycles. The van der Waals surface area contributed by atoms with Crippen molar-refractivity contribution in [3.05, 3.63) is 11.1 Å². The average Bonchev–Trinajstić information content (AvgIpc) is 3.33. The third-order valence-electron chi connectivity index (χ3n) is 5.59. The number of ether oxygens (including phenoxy) is 1. The highest BCUT2D eigenvalue weighted by atomic mass is 32.2. The fraction of sp³-hybridized carbons (Fsp3) is 0.882. The fourth-order valence-electron chi connectivity index (χ4n) is 4.14. The standard InChI is InChI=1S/C17H32N6OS/c1-12(7-18-8-13-3-2-5-24-13)14-9-23(4-6-25-14)17-15-16(20-10-19-15)21-11-22-17/h9,12-13,15-22H,2-8,10-11H2,1H3/t12-,13-,15?,16?,17?/m1/s1. The summed E-state index contributed by atoms with van der Waals surface area (Å²) >= 11 is 2.02. The lowest BCUT2D eigenvalue weighted by atomic mass is 10.1. The third kappa shape index (κ3) is 4.32. The Kier molecular flexibility index (Phi) is 6.17. The molecule has 0 radical (unpaired) electrons. The summed E-state index contributed by atoms with van der Waals surface area (Å²) in [4.78, 5) is 4.00. The molecule has 0 spiro atoms. The molecule has 3 fully saturated rings. The van der Waals surface area contributed by atoms with Gasteiger partial charge in [0, 0.05) is 62.4 Å². The van der Waals surface area contributed by atoms with Gasteiger partial charge >= 0.3 is 0 Å². The summed E-state index contributed by atoms with van der Waals surface area (Å²) < 4.78 is 5.70. The number of thioether (sulfide) groups is 1. The summed E-state index contributed by atoms with van der Waals surface area (Å²) in [6, 6.07) is 0.405. The molecule has 3 unspecified atom stereocenters. The van der Waals surface area contributed by atoms with Gasteiger partial charge < -0.3 is 15.0 Å². The SMILES string of the molecule is C[C@H](CNC[C@H]1CCCO1)C1=CN(C2NCNC3NCNC32)CCS1. The van der Waals surface area contributed by atoms with Crippen molar-refractivity contribution in [1.82, 2.24) is 31.5 Å². The fourth-order valence-corrected chi connectivity index (χ4v) is 5.25. The minimum absolute atomic E-state index is 0.351. The zero-order valence-corrected chi connectivity index (χ0v) is 15.9. The van der Waals surface area contributed by atoms with Gasteiger partial charge in [-0.05, 0) is 12.8 Å². The van der Waals surface area contributed by atoms with Crippen LogP contribution >= 0.6 is 11.8 Å². The van der Waals surface area contributed by atoms with Crippen molar-refractivity contribution in [1.29, 1.82) is 0 Å². The van der Waals surface area contributed by atoms with Crippen molar-refractivity contribution >= 4 is 11.8 Å². The lowest BCUT2D eigenvalue weighted by Gasteiger charge is -2.43. The molecule has 0 amide bonds. The van der Waals surface area contributed by atoms with E-state index in [0.717, 1.165) is 39.6 Å². The van der Waals surface area contributed by atoms with Crippen LogP contribution in [0.4, 0.5) is 0 Å². The van der Waals surface area contributed by atoms with Crippen molar-refractivity contribution < 1.29 is 4.74 Å². The summed E-state index contributed by atoms with van der Waals surface area (Å²) in [5, 5.41) is 17.8. The predicted octanol–water partition coefficient (Wildman–Crippen LogP) is -0.397. The van der Waals surface area contributed by atoms with Gasteiger partial charge in [-0.3, -0.25) is 21.3 Å². The van der Waals surface area contributed by atoms with Crippen LogP contribution in [0, 0.1) is 5.92 Å². The lowest BCUT2D eigenvalue weighted by molar-refractivity contribution is 0.109. The molecule has 8 heteroatoms. The third-order valence-corrected chi connectivity index (χ3v) is 6.82. The second-order valence-corrected chi connectivity index (χ2v) is 8.60. The van der Waals surface area contributed by atoms with Gasteiger partial charge in [-0.1, -0.05) is 6.92 Å². The van der Waals surface area contributed by atoms with E-state index in [1.165, 1.54) is 23.5 Å². The van der Waals surface area contributed by atoms with Gasteiger partial charge in [-0.25, -0.2) is 0 Å². The summed E-state index contributed by atoms with van der Waals surface area (Å²) in [5.41, 5.74) is 0. The first-order valence-electron chi connectivity index (χ1n) is 9.67. The molecule has 5 atom stereocenters. The maximum Gasteiger partial charge on any atom is 0.0986 e. The second-order valence-electron chi connectivity index (χ2n) is 7.43. The Labute approximate surface area is 155 Å². The van der Waals surface area contributed by atoms with E-state index in [-0.39, 0.29) is 0 Å². The summed E-state index contributed by atoms with van der Waals surface area (Å²) in [5.74, 6) is 1.71. The van der Waals surface area contributed by atoms with Crippen LogP contribution in [-0.2, 0) is 4.74 Å². The van der Waals surface area contributed by atoms with E-state index in [9.17, 15) is 0 Å². The van der Waals surface area contributed by atoms with Gasteiger partial charge in [-0.15, -0.1) is 11.8 Å². The van der Waals surface area contributed by atoms with Gasteiger partial charge in [0.15, 0.2) is 0 Å². The van der Waals surface area contributed by atoms with Crippen molar-refractivity contribution in [2.75, 3.05) is 45.3 Å². The number of rotatable bonds is 6. The molecule has 3 saturated heterocycles. The normalized spacial score (nSPS) is 37.0.